The first-order valence-electron chi connectivity index (χ1n) is 5.91. The number of amides is 1. The second-order valence-electron chi connectivity index (χ2n) is 4.34. The fourth-order valence-electron chi connectivity index (χ4n) is 1.96. The maximum Gasteiger partial charge on any atom is 0.334 e. The summed E-state index contributed by atoms with van der Waals surface area (Å²) in [5.41, 5.74) is -0.0411. The molecule has 19 heavy (non-hydrogen) atoms. The summed E-state index contributed by atoms with van der Waals surface area (Å²) in [6.45, 7) is 0.926. The van der Waals surface area contributed by atoms with E-state index in [9.17, 15) is 17.1 Å². The summed E-state index contributed by atoms with van der Waals surface area (Å²) in [6, 6.07) is 5.39. The molecule has 1 heterocycles. The summed E-state index contributed by atoms with van der Waals surface area (Å²) in [5, 5.41) is 2.45. The average molecular weight is 287 g/mol. The molecule has 1 aromatic rings. The van der Waals surface area contributed by atoms with Crippen molar-refractivity contribution in [3.63, 3.8) is 0 Å². The molecule has 2 rings (SSSR count). The molecular formula is C12H14FNO4S. The molecule has 1 aliphatic heterocycles. The number of para-hydroxylation sites is 1. The molecule has 1 amide bonds. The third-order valence-corrected chi connectivity index (χ3v) is 3.82. The van der Waals surface area contributed by atoms with Crippen LogP contribution in [0.3, 0.4) is 0 Å². The minimum absolute atomic E-state index is 0.0411. The largest absolute Gasteiger partial charge is 0.381 e. The average Bonchev–Trinajstić information content (AvgIpc) is 2.39. The molecule has 1 unspecified atom stereocenters. The van der Waals surface area contributed by atoms with E-state index >= 15 is 0 Å². The van der Waals surface area contributed by atoms with Crippen molar-refractivity contribution in [3.8, 4) is 0 Å². The van der Waals surface area contributed by atoms with Gasteiger partial charge in [0, 0.05) is 6.61 Å². The van der Waals surface area contributed by atoms with Gasteiger partial charge in [-0.1, -0.05) is 12.1 Å². The fourth-order valence-corrected chi connectivity index (χ4v) is 2.59. The molecule has 7 heteroatoms. The van der Waals surface area contributed by atoms with E-state index in [1.807, 2.05) is 0 Å². The zero-order valence-corrected chi connectivity index (χ0v) is 11.0. The van der Waals surface area contributed by atoms with Crippen molar-refractivity contribution in [2.24, 2.45) is 5.92 Å². The highest BCUT2D eigenvalue weighted by Gasteiger charge is 2.24. The highest BCUT2D eigenvalue weighted by molar-refractivity contribution is 7.86. The molecule has 1 aliphatic rings. The van der Waals surface area contributed by atoms with Crippen molar-refractivity contribution >= 4 is 21.8 Å². The molecule has 104 valence electrons. The van der Waals surface area contributed by atoms with Gasteiger partial charge < -0.3 is 10.1 Å². The van der Waals surface area contributed by atoms with Crippen LogP contribution in [-0.2, 0) is 19.8 Å². The Bertz CT molecular complexity index is 567. The van der Waals surface area contributed by atoms with Gasteiger partial charge in [0.15, 0.2) is 0 Å². The van der Waals surface area contributed by atoms with Crippen molar-refractivity contribution in [1.82, 2.24) is 0 Å². The van der Waals surface area contributed by atoms with E-state index in [0.717, 1.165) is 12.5 Å². The van der Waals surface area contributed by atoms with Crippen LogP contribution in [-0.4, -0.2) is 27.5 Å². The fraction of sp³-hybridized carbons (Fsp3) is 0.417. The lowest BCUT2D eigenvalue weighted by Crippen LogP contribution is -2.30. The topological polar surface area (TPSA) is 72.5 Å². The van der Waals surface area contributed by atoms with Gasteiger partial charge in [0.05, 0.1) is 18.2 Å². The first kappa shape index (κ1) is 14.0. The minimum Gasteiger partial charge on any atom is -0.381 e. The summed E-state index contributed by atoms with van der Waals surface area (Å²) in [6.07, 6.45) is 1.46. The molecule has 0 saturated carbocycles. The molecule has 1 aromatic carbocycles. The summed E-state index contributed by atoms with van der Waals surface area (Å²) in [7, 11) is -4.86. The number of benzene rings is 1. The number of hydrogen-bond donors (Lipinski definition) is 1. The van der Waals surface area contributed by atoms with E-state index in [1.165, 1.54) is 18.2 Å². The quantitative estimate of drug-likeness (QED) is 0.859. The molecule has 0 radical (unpaired) electrons. The number of hydrogen-bond acceptors (Lipinski definition) is 4. The Hall–Kier alpha value is -1.47. The van der Waals surface area contributed by atoms with Gasteiger partial charge in [-0.3, -0.25) is 4.79 Å². The zero-order valence-electron chi connectivity index (χ0n) is 10.1. The van der Waals surface area contributed by atoms with Crippen LogP contribution >= 0.6 is 0 Å². The Morgan fingerprint density at radius 1 is 1.37 bits per heavy atom. The molecule has 1 atom stereocenters. The third-order valence-electron chi connectivity index (χ3n) is 2.94. The zero-order chi connectivity index (χ0) is 13.9. The van der Waals surface area contributed by atoms with Gasteiger partial charge in [-0.25, -0.2) is 0 Å². The Morgan fingerprint density at radius 2 is 2.11 bits per heavy atom. The number of carbonyl (C=O) groups is 1. The number of ether oxygens (including phenoxy) is 1. The number of anilines is 1. The van der Waals surface area contributed by atoms with Gasteiger partial charge in [-0.05, 0) is 25.0 Å². The van der Waals surface area contributed by atoms with E-state index in [1.54, 1.807) is 0 Å². The van der Waals surface area contributed by atoms with Crippen LogP contribution in [0.2, 0.25) is 0 Å². The lowest BCUT2D eigenvalue weighted by Gasteiger charge is -2.21. The summed E-state index contributed by atoms with van der Waals surface area (Å²) in [4.78, 5) is 11.4. The van der Waals surface area contributed by atoms with Gasteiger partial charge in [-0.2, -0.15) is 8.42 Å². The van der Waals surface area contributed by atoms with Crippen molar-refractivity contribution in [2.75, 3.05) is 18.5 Å². The van der Waals surface area contributed by atoms with Crippen LogP contribution in [0.1, 0.15) is 12.8 Å². The van der Waals surface area contributed by atoms with Crippen molar-refractivity contribution in [2.45, 2.75) is 17.7 Å². The summed E-state index contributed by atoms with van der Waals surface area (Å²) in [5.74, 6) is -0.681. The maximum absolute atomic E-state index is 13.1. The molecule has 0 aliphatic carbocycles. The van der Waals surface area contributed by atoms with Crippen molar-refractivity contribution in [3.05, 3.63) is 24.3 Å². The Morgan fingerprint density at radius 3 is 2.74 bits per heavy atom. The minimum atomic E-state index is -4.86. The van der Waals surface area contributed by atoms with Gasteiger partial charge in [0.25, 0.3) is 0 Å². The number of rotatable bonds is 3. The molecule has 1 saturated heterocycles. The summed E-state index contributed by atoms with van der Waals surface area (Å²) >= 11 is 0. The molecule has 5 nitrogen and oxygen atoms in total. The molecule has 1 N–H and O–H groups in total. The van der Waals surface area contributed by atoms with Gasteiger partial charge >= 0.3 is 10.2 Å². The van der Waals surface area contributed by atoms with Crippen molar-refractivity contribution < 1.29 is 21.8 Å². The summed E-state index contributed by atoms with van der Waals surface area (Å²) < 4.78 is 40.2. The number of halogens is 1. The smallest absolute Gasteiger partial charge is 0.334 e. The predicted octanol–water partition coefficient (Wildman–Crippen LogP) is 1.71. The van der Waals surface area contributed by atoms with Gasteiger partial charge in [0.2, 0.25) is 5.91 Å². The molecule has 0 bridgehead atoms. The van der Waals surface area contributed by atoms with Crippen LogP contribution in [0.4, 0.5) is 9.57 Å². The Kier molecular flexibility index (Phi) is 4.16. The van der Waals surface area contributed by atoms with Crippen molar-refractivity contribution in [1.29, 1.82) is 0 Å². The van der Waals surface area contributed by atoms with E-state index < -0.39 is 15.1 Å². The van der Waals surface area contributed by atoms with Crippen LogP contribution in [0, 0.1) is 5.92 Å². The maximum atomic E-state index is 13.1. The van der Waals surface area contributed by atoms with Crippen LogP contribution < -0.4 is 5.32 Å². The molecule has 0 spiro atoms. The first-order valence-corrected chi connectivity index (χ1v) is 7.29. The highest BCUT2D eigenvalue weighted by atomic mass is 32.3. The normalized spacial score (nSPS) is 19.9. The van der Waals surface area contributed by atoms with E-state index in [0.29, 0.717) is 19.6 Å². The van der Waals surface area contributed by atoms with Crippen LogP contribution in [0.25, 0.3) is 0 Å². The molecular weight excluding hydrogens is 273 g/mol. The Balaban J connectivity index is 2.17. The predicted molar refractivity (Wildman–Crippen MR) is 66.9 cm³/mol. The SMILES string of the molecule is O=C(Nc1ccccc1S(=O)(=O)F)C1CCCOC1. The second-order valence-corrected chi connectivity index (χ2v) is 5.65. The monoisotopic (exact) mass is 287 g/mol. The molecule has 1 fully saturated rings. The van der Waals surface area contributed by atoms with Crippen LogP contribution in [0.15, 0.2) is 29.2 Å². The van der Waals surface area contributed by atoms with Gasteiger partial charge in [-0.15, -0.1) is 3.89 Å². The number of carbonyl (C=O) groups excluding carboxylic acids is 1. The molecule has 0 aromatic heterocycles. The van der Waals surface area contributed by atoms with Crippen LogP contribution in [0.5, 0.6) is 0 Å². The Labute approximate surface area is 111 Å². The van der Waals surface area contributed by atoms with E-state index in [-0.39, 0.29) is 17.5 Å². The van der Waals surface area contributed by atoms with E-state index in [4.69, 9.17) is 4.74 Å². The number of nitrogens with one attached hydrogen (secondary N) is 1. The second kappa shape index (κ2) is 5.66. The highest BCUT2D eigenvalue weighted by Crippen LogP contribution is 2.24. The standard InChI is InChI=1S/C12H14FNO4S/c13-19(16,17)11-6-2-1-5-10(11)14-12(15)9-4-3-7-18-8-9/h1-2,5-6,9H,3-4,7-8H2,(H,14,15). The van der Waals surface area contributed by atoms with Gasteiger partial charge in [0.1, 0.15) is 4.90 Å². The lowest BCUT2D eigenvalue weighted by atomic mass is 10.0. The first-order chi connectivity index (χ1) is 8.98. The lowest BCUT2D eigenvalue weighted by molar-refractivity contribution is -0.123. The van der Waals surface area contributed by atoms with E-state index in [2.05, 4.69) is 5.32 Å². The third kappa shape index (κ3) is 3.51.